The zero-order valence-electron chi connectivity index (χ0n) is 8.55. The lowest BCUT2D eigenvalue weighted by molar-refractivity contribution is -0.144. The van der Waals surface area contributed by atoms with Crippen molar-refractivity contribution in [3.05, 3.63) is 35.4 Å². The second kappa shape index (κ2) is 3.92. The molecule has 0 fully saturated rings. The van der Waals surface area contributed by atoms with E-state index in [0.717, 1.165) is 11.1 Å². The fourth-order valence-corrected chi connectivity index (χ4v) is 1.99. The van der Waals surface area contributed by atoms with Crippen molar-refractivity contribution in [2.75, 3.05) is 0 Å². The summed E-state index contributed by atoms with van der Waals surface area (Å²) in [5.74, 6) is -0.602. The van der Waals surface area contributed by atoms with Crippen molar-refractivity contribution in [1.82, 2.24) is 0 Å². The number of rotatable bonds is 3. The van der Waals surface area contributed by atoms with Crippen molar-refractivity contribution < 1.29 is 18.0 Å². The molecule has 1 atom stereocenters. The molecule has 1 aliphatic rings. The quantitative estimate of drug-likeness (QED) is 0.776. The lowest BCUT2D eigenvalue weighted by atomic mass is 9.74. The van der Waals surface area contributed by atoms with E-state index < -0.39 is 19.0 Å². The Kier molecular flexibility index (Phi) is 2.74. The number of halogens is 3. The topological polar surface area (TPSA) is 17.1 Å². The largest absolute Gasteiger partial charge is 0.389 e. The van der Waals surface area contributed by atoms with E-state index in [1.807, 2.05) is 24.3 Å². The van der Waals surface area contributed by atoms with Crippen LogP contribution in [0.4, 0.5) is 13.2 Å². The van der Waals surface area contributed by atoms with E-state index in [-0.39, 0.29) is 11.7 Å². The molecule has 0 spiro atoms. The van der Waals surface area contributed by atoms with Gasteiger partial charge in [-0.25, -0.2) is 0 Å². The van der Waals surface area contributed by atoms with E-state index in [4.69, 9.17) is 0 Å². The van der Waals surface area contributed by atoms with Gasteiger partial charge >= 0.3 is 6.18 Å². The van der Waals surface area contributed by atoms with Gasteiger partial charge in [-0.05, 0) is 17.5 Å². The SMILES string of the molecule is O=C(CCC(F)(F)F)C1Cc2ccccc21. The molecule has 0 aliphatic heterocycles. The summed E-state index contributed by atoms with van der Waals surface area (Å²) in [4.78, 5) is 11.5. The zero-order chi connectivity index (χ0) is 11.8. The Morgan fingerprint density at radius 3 is 2.62 bits per heavy atom. The van der Waals surface area contributed by atoms with Gasteiger partial charge in [-0.15, -0.1) is 0 Å². The number of Topliss-reactive ketones (excluding diaryl/α,β-unsaturated/α-hetero) is 1. The molecule has 0 saturated carbocycles. The fourth-order valence-electron chi connectivity index (χ4n) is 1.99. The van der Waals surface area contributed by atoms with Crippen LogP contribution in [0.25, 0.3) is 0 Å². The summed E-state index contributed by atoms with van der Waals surface area (Å²) < 4.78 is 35.8. The van der Waals surface area contributed by atoms with Crippen LogP contribution in [0.2, 0.25) is 0 Å². The van der Waals surface area contributed by atoms with Crippen LogP contribution in [0.3, 0.4) is 0 Å². The Hall–Kier alpha value is -1.32. The Morgan fingerprint density at radius 2 is 2.00 bits per heavy atom. The van der Waals surface area contributed by atoms with Crippen molar-refractivity contribution in [1.29, 1.82) is 0 Å². The molecule has 0 radical (unpaired) electrons. The van der Waals surface area contributed by atoms with Gasteiger partial charge in [-0.3, -0.25) is 4.79 Å². The van der Waals surface area contributed by atoms with Gasteiger partial charge in [0.1, 0.15) is 5.78 Å². The first-order chi connectivity index (χ1) is 7.47. The molecule has 86 valence electrons. The van der Waals surface area contributed by atoms with Gasteiger partial charge in [0, 0.05) is 12.3 Å². The second-order valence-electron chi connectivity index (χ2n) is 4.04. The first-order valence-corrected chi connectivity index (χ1v) is 5.14. The molecule has 16 heavy (non-hydrogen) atoms. The smallest absolute Gasteiger partial charge is 0.299 e. The van der Waals surface area contributed by atoms with E-state index in [1.165, 1.54) is 0 Å². The van der Waals surface area contributed by atoms with E-state index >= 15 is 0 Å². The van der Waals surface area contributed by atoms with E-state index in [9.17, 15) is 18.0 Å². The van der Waals surface area contributed by atoms with Crippen LogP contribution in [0.15, 0.2) is 24.3 Å². The molecule has 1 unspecified atom stereocenters. The summed E-state index contributed by atoms with van der Waals surface area (Å²) in [5, 5.41) is 0. The minimum Gasteiger partial charge on any atom is -0.299 e. The van der Waals surface area contributed by atoms with Crippen LogP contribution in [0.5, 0.6) is 0 Å². The molecule has 0 N–H and O–H groups in total. The number of carbonyl (C=O) groups is 1. The monoisotopic (exact) mass is 228 g/mol. The fraction of sp³-hybridized carbons (Fsp3) is 0.417. The van der Waals surface area contributed by atoms with Gasteiger partial charge in [0.15, 0.2) is 0 Å². The van der Waals surface area contributed by atoms with Crippen LogP contribution in [-0.2, 0) is 11.2 Å². The van der Waals surface area contributed by atoms with Crippen molar-refractivity contribution in [2.45, 2.75) is 31.4 Å². The minimum atomic E-state index is -4.24. The van der Waals surface area contributed by atoms with Crippen LogP contribution in [-0.4, -0.2) is 12.0 Å². The summed E-state index contributed by atoms with van der Waals surface area (Å²) in [7, 11) is 0. The summed E-state index contributed by atoms with van der Waals surface area (Å²) in [5.41, 5.74) is 1.97. The number of fused-ring (bicyclic) bond motifs is 1. The number of ketones is 1. The molecule has 1 aromatic rings. The second-order valence-corrected chi connectivity index (χ2v) is 4.04. The maximum absolute atomic E-state index is 11.9. The van der Waals surface area contributed by atoms with Gasteiger partial charge in [-0.2, -0.15) is 13.2 Å². The lowest BCUT2D eigenvalue weighted by Gasteiger charge is -2.28. The zero-order valence-corrected chi connectivity index (χ0v) is 8.55. The van der Waals surface area contributed by atoms with Crippen molar-refractivity contribution >= 4 is 5.78 Å². The maximum atomic E-state index is 11.9. The standard InChI is InChI=1S/C12H11F3O/c13-12(14,15)6-5-11(16)10-7-8-3-1-2-4-9(8)10/h1-4,10H,5-7H2. The van der Waals surface area contributed by atoms with E-state index in [2.05, 4.69) is 0 Å². The molecular weight excluding hydrogens is 217 g/mol. The predicted octanol–water partition coefficient (Wildman–Crippen LogP) is 3.24. The third-order valence-electron chi connectivity index (χ3n) is 2.90. The number of carbonyl (C=O) groups excluding carboxylic acids is 1. The number of hydrogen-bond donors (Lipinski definition) is 0. The van der Waals surface area contributed by atoms with Gasteiger partial charge in [0.2, 0.25) is 0 Å². The Bertz CT molecular complexity index is 409. The van der Waals surface area contributed by atoms with Gasteiger partial charge in [0.25, 0.3) is 0 Å². The molecular formula is C12H11F3O. The lowest BCUT2D eigenvalue weighted by Crippen LogP contribution is -2.26. The Labute approximate surface area is 91.3 Å². The predicted molar refractivity (Wildman–Crippen MR) is 53.2 cm³/mol. The van der Waals surface area contributed by atoms with Crippen LogP contribution < -0.4 is 0 Å². The third kappa shape index (κ3) is 2.26. The Balaban J connectivity index is 1.95. The van der Waals surface area contributed by atoms with Crippen LogP contribution in [0.1, 0.15) is 29.9 Å². The molecule has 0 saturated heterocycles. The van der Waals surface area contributed by atoms with Crippen LogP contribution in [0, 0.1) is 0 Å². The van der Waals surface area contributed by atoms with Crippen molar-refractivity contribution in [3.8, 4) is 0 Å². The molecule has 0 aromatic heterocycles. The molecule has 0 bridgehead atoms. The highest BCUT2D eigenvalue weighted by atomic mass is 19.4. The van der Waals surface area contributed by atoms with E-state index in [1.54, 1.807) is 0 Å². The van der Waals surface area contributed by atoms with Gasteiger partial charge in [0.05, 0.1) is 6.42 Å². The summed E-state index contributed by atoms with van der Waals surface area (Å²) in [6.07, 6.45) is -5.06. The van der Waals surface area contributed by atoms with Crippen LogP contribution >= 0.6 is 0 Å². The highest BCUT2D eigenvalue weighted by molar-refractivity contribution is 5.88. The molecule has 1 aliphatic carbocycles. The minimum absolute atomic E-state index is 0.295. The molecule has 0 heterocycles. The number of alkyl halides is 3. The normalized spacial score (nSPS) is 18.8. The maximum Gasteiger partial charge on any atom is 0.389 e. The molecule has 1 nitrogen and oxygen atoms in total. The summed E-state index contributed by atoms with van der Waals surface area (Å²) in [6, 6.07) is 7.40. The average molecular weight is 228 g/mol. The molecule has 2 rings (SSSR count). The average Bonchev–Trinajstić information content (AvgIpc) is 2.16. The molecule has 4 heteroatoms. The summed E-state index contributed by atoms with van der Waals surface area (Å²) >= 11 is 0. The molecule has 0 amide bonds. The third-order valence-corrected chi connectivity index (χ3v) is 2.90. The summed E-state index contributed by atoms with van der Waals surface area (Å²) in [6.45, 7) is 0. The first kappa shape index (κ1) is 11.2. The van der Waals surface area contributed by atoms with Crippen molar-refractivity contribution in [3.63, 3.8) is 0 Å². The Morgan fingerprint density at radius 1 is 1.31 bits per heavy atom. The van der Waals surface area contributed by atoms with Gasteiger partial charge < -0.3 is 0 Å². The number of hydrogen-bond acceptors (Lipinski definition) is 1. The van der Waals surface area contributed by atoms with Crippen molar-refractivity contribution in [2.24, 2.45) is 0 Å². The number of benzene rings is 1. The molecule has 1 aromatic carbocycles. The van der Waals surface area contributed by atoms with E-state index in [0.29, 0.717) is 6.42 Å². The first-order valence-electron chi connectivity index (χ1n) is 5.14. The highest BCUT2D eigenvalue weighted by Gasteiger charge is 2.34. The van der Waals surface area contributed by atoms with Gasteiger partial charge in [-0.1, -0.05) is 24.3 Å². The highest BCUT2D eigenvalue weighted by Crippen LogP contribution is 2.37.